The van der Waals surface area contributed by atoms with Gasteiger partial charge in [0.05, 0.1) is 11.1 Å². The Kier molecular flexibility index (Phi) is 6.79. The van der Waals surface area contributed by atoms with Crippen molar-refractivity contribution in [3.8, 4) is 22.3 Å². The number of fused-ring (bicyclic) bond motifs is 12. The van der Waals surface area contributed by atoms with Crippen LogP contribution in [-0.4, -0.2) is 0 Å². The Labute approximate surface area is 316 Å². The van der Waals surface area contributed by atoms with Crippen molar-refractivity contribution in [2.24, 2.45) is 0 Å². The maximum absolute atomic E-state index is 6.75. The van der Waals surface area contributed by atoms with Crippen molar-refractivity contribution in [2.45, 2.75) is 15.2 Å². The fourth-order valence-electron chi connectivity index (χ4n) is 8.85. The molecule has 0 fully saturated rings. The third-order valence-corrected chi connectivity index (χ3v) is 12.3. The first-order valence-corrected chi connectivity index (χ1v) is 19.1. The fourth-order valence-corrected chi connectivity index (χ4v) is 10.4. The van der Waals surface area contributed by atoms with E-state index in [2.05, 4.69) is 175 Å². The van der Waals surface area contributed by atoms with Crippen molar-refractivity contribution in [1.82, 2.24) is 0 Å². The first kappa shape index (κ1) is 30.6. The van der Waals surface area contributed by atoms with E-state index in [9.17, 15) is 0 Å². The number of halogens is 1. The molecule has 1 aliphatic heterocycles. The average Bonchev–Trinajstić information content (AvgIpc) is 3.72. The normalized spacial score (nSPS) is 13.5. The summed E-state index contributed by atoms with van der Waals surface area (Å²) in [7, 11) is 0. The van der Waals surface area contributed by atoms with Gasteiger partial charge in [-0.2, -0.15) is 0 Å². The minimum absolute atomic E-state index is 0.475. The predicted molar refractivity (Wildman–Crippen MR) is 220 cm³/mol. The first-order chi connectivity index (χ1) is 26.2. The molecule has 1 spiro atoms. The molecule has 1 aromatic heterocycles. The molecule has 2 nitrogen and oxygen atoms in total. The lowest BCUT2D eigenvalue weighted by molar-refractivity contribution is 0.669. The van der Waals surface area contributed by atoms with Gasteiger partial charge in [-0.3, -0.25) is 0 Å². The molecule has 0 unspecified atom stereocenters. The van der Waals surface area contributed by atoms with Crippen LogP contribution in [0.4, 0.5) is 17.1 Å². The standard InChI is InChI=1S/C49H30ClNOS/c50-32-23-25-42-46(27-32)53-47-30-34(24-26-43(47)49(42)40-20-10-7-17-36(40)37-18-8-11-21-41(37)49)51(33-15-5-2-6-16-33)35-28-39(31-13-3-1-4-14-31)48-38-19-9-12-22-44(38)52-45(48)29-35/h1-30H. The van der Waals surface area contributed by atoms with E-state index >= 15 is 0 Å². The van der Waals surface area contributed by atoms with Crippen LogP contribution in [0, 0.1) is 0 Å². The molecule has 9 aromatic rings. The molecule has 250 valence electrons. The molecule has 0 radical (unpaired) electrons. The lowest BCUT2D eigenvalue weighted by atomic mass is 9.67. The number of hydrogen-bond donors (Lipinski definition) is 0. The molecular formula is C49H30ClNOS. The molecular weight excluding hydrogens is 686 g/mol. The summed E-state index contributed by atoms with van der Waals surface area (Å²) >= 11 is 8.56. The third kappa shape index (κ3) is 4.48. The van der Waals surface area contributed by atoms with Crippen molar-refractivity contribution >= 4 is 62.4 Å². The van der Waals surface area contributed by atoms with E-state index in [4.69, 9.17) is 16.0 Å². The highest BCUT2D eigenvalue weighted by atomic mass is 35.5. The van der Waals surface area contributed by atoms with Crippen LogP contribution in [0.2, 0.25) is 5.02 Å². The maximum Gasteiger partial charge on any atom is 0.138 e. The Bertz CT molecular complexity index is 2850. The zero-order valence-electron chi connectivity index (χ0n) is 28.5. The summed E-state index contributed by atoms with van der Waals surface area (Å²) in [5.74, 6) is 0. The average molecular weight is 716 g/mol. The summed E-state index contributed by atoms with van der Waals surface area (Å²) in [6.07, 6.45) is 0. The van der Waals surface area contributed by atoms with Crippen LogP contribution < -0.4 is 4.90 Å². The molecule has 11 rings (SSSR count). The summed E-state index contributed by atoms with van der Waals surface area (Å²) in [5, 5.41) is 2.98. The van der Waals surface area contributed by atoms with Gasteiger partial charge in [0.1, 0.15) is 11.2 Å². The van der Waals surface area contributed by atoms with Gasteiger partial charge in [-0.15, -0.1) is 0 Å². The molecule has 1 aliphatic carbocycles. The molecule has 0 N–H and O–H groups in total. The molecule has 8 aromatic carbocycles. The maximum atomic E-state index is 6.75. The van der Waals surface area contributed by atoms with E-state index in [0.717, 1.165) is 55.2 Å². The Hall–Kier alpha value is -6.00. The largest absolute Gasteiger partial charge is 0.456 e. The van der Waals surface area contributed by atoms with Gasteiger partial charge in [-0.25, -0.2) is 0 Å². The highest BCUT2D eigenvalue weighted by Gasteiger charge is 2.50. The molecule has 0 atom stereocenters. The number of anilines is 3. The highest BCUT2D eigenvalue weighted by molar-refractivity contribution is 7.99. The van der Waals surface area contributed by atoms with Gasteiger partial charge in [0.15, 0.2) is 0 Å². The number of rotatable bonds is 4. The Morgan fingerprint density at radius 2 is 1.08 bits per heavy atom. The Balaban J connectivity index is 1.18. The van der Waals surface area contributed by atoms with Gasteiger partial charge in [-0.1, -0.05) is 151 Å². The highest BCUT2D eigenvalue weighted by Crippen LogP contribution is 2.63. The second-order valence-electron chi connectivity index (χ2n) is 13.8. The second-order valence-corrected chi connectivity index (χ2v) is 15.3. The van der Waals surface area contributed by atoms with Crippen molar-refractivity contribution in [3.05, 3.63) is 209 Å². The van der Waals surface area contributed by atoms with Crippen molar-refractivity contribution in [1.29, 1.82) is 0 Å². The summed E-state index contributed by atoms with van der Waals surface area (Å²) in [6.45, 7) is 0. The monoisotopic (exact) mass is 715 g/mol. The summed E-state index contributed by atoms with van der Waals surface area (Å²) in [4.78, 5) is 4.74. The van der Waals surface area contributed by atoms with E-state index < -0.39 is 5.41 Å². The number of nitrogens with zero attached hydrogens (tertiary/aromatic N) is 1. The topological polar surface area (TPSA) is 16.4 Å². The van der Waals surface area contributed by atoms with Gasteiger partial charge in [-0.05, 0) is 93.0 Å². The summed E-state index contributed by atoms with van der Waals surface area (Å²) < 4.78 is 6.60. The van der Waals surface area contributed by atoms with Gasteiger partial charge >= 0.3 is 0 Å². The van der Waals surface area contributed by atoms with Crippen LogP contribution in [0.1, 0.15) is 22.3 Å². The predicted octanol–water partition coefficient (Wildman–Crippen LogP) is 14.2. The molecule has 4 heteroatoms. The lowest BCUT2D eigenvalue weighted by Gasteiger charge is -2.40. The van der Waals surface area contributed by atoms with E-state index in [0.29, 0.717) is 0 Å². The van der Waals surface area contributed by atoms with Crippen LogP contribution in [0.25, 0.3) is 44.2 Å². The van der Waals surface area contributed by atoms with Gasteiger partial charge < -0.3 is 9.32 Å². The molecule has 0 bridgehead atoms. The minimum Gasteiger partial charge on any atom is -0.456 e. The van der Waals surface area contributed by atoms with Crippen LogP contribution in [0.15, 0.2) is 196 Å². The summed E-state index contributed by atoms with van der Waals surface area (Å²) in [5.41, 5.74) is 14.4. The molecule has 0 saturated carbocycles. The first-order valence-electron chi connectivity index (χ1n) is 17.9. The van der Waals surface area contributed by atoms with E-state index in [1.165, 1.54) is 43.2 Å². The van der Waals surface area contributed by atoms with Crippen LogP contribution in [0.5, 0.6) is 0 Å². The quantitative estimate of drug-likeness (QED) is 0.180. The Morgan fingerprint density at radius 1 is 0.453 bits per heavy atom. The molecule has 0 saturated heterocycles. The lowest BCUT2D eigenvalue weighted by Crippen LogP contribution is -2.32. The van der Waals surface area contributed by atoms with Crippen molar-refractivity contribution in [3.63, 3.8) is 0 Å². The fraction of sp³-hybridized carbons (Fsp3) is 0.0204. The van der Waals surface area contributed by atoms with E-state index in [-0.39, 0.29) is 0 Å². The van der Waals surface area contributed by atoms with Gasteiger partial charge in [0, 0.05) is 43.0 Å². The molecule has 2 heterocycles. The smallest absolute Gasteiger partial charge is 0.138 e. The Morgan fingerprint density at radius 3 is 1.83 bits per heavy atom. The zero-order chi connectivity index (χ0) is 35.1. The second kappa shape index (κ2) is 11.8. The molecule has 53 heavy (non-hydrogen) atoms. The number of furan rings is 1. The number of para-hydroxylation sites is 2. The van der Waals surface area contributed by atoms with Crippen molar-refractivity contribution < 1.29 is 4.42 Å². The number of benzene rings is 8. The minimum atomic E-state index is -0.475. The summed E-state index contributed by atoms with van der Waals surface area (Å²) in [6, 6.07) is 65.4. The third-order valence-electron chi connectivity index (χ3n) is 11.0. The van der Waals surface area contributed by atoms with Gasteiger partial charge in [0.25, 0.3) is 0 Å². The number of hydrogen-bond acceptors (Lipinski definition) is 3. The van der Waals surface area contributed by atoms with Crippen LogP contribution in [-0.2, 0) is 5.41 Å². The molecule has 2 aliphatic rings. The van der Waals surface area contributed by atoms with E-state index in [1.807, 2.05) is 12.1 Å². The van der Waals surface area contributed by atoms with Crippen LogP contribution in [0.3, 0.4) is 0 Å². The van der Waals surface area contributed by atoms with Crippen LogP contribution >= 0.6 is 23.4 Å². The molecule has 0 amide bonds. The SMILES string of the molecule is Clc1ccc2c(c1)Sc1cc(N(c3ccccc3)c3cc(-c4ccccc4)c4c(c3)oc3ccccc34)ccc1C21c2ccccc2-c2ccccc21. The van der Waals surface area contributed by atoms with E-state index in [1.54, 1.807) is 11.8 Å². The van der Waals surface area contributed by atoms with Gasteiger partial charge in [0.2, 0.25) is 0 Å². The van der Waals surface area contributed by atoms with Crippen molar-refractivity contribution in [2.75, 3.05) is 4.90 Å². The zero-order valence-corrected chi connectivity index (χ0v) is 30.0.